The molecule has 2 rings (SSSR count). The number of hydrogen-bond donors (Lipinski definition) is 3. The number of benzene rings is 2. The Morgan fingerprint density at radius 3 is 2.29 bits per heavy atom. The van der Waals surface area contributed by atoms with Crippen LogP contribution in [0, 0.1) is 0 Å². The van der Waals surface area contributed by atoms with Crippen molar-refractivity contribution in [2.45, 2.75) is 6.10 Å². The van der Waals surface area contributed by atoms with Gasteiger partial charge in [-0.3, -0.25) is 0 Å². The number of hydrogen-bond acceptors (Lipinski definition) is 4. The van der Waals surface area contributed by atoms with E-state index in [0.29, 0.717) is 13.2 Å². The zero-order valence-electron chi connectivity index (χ0n) is 12.0. The highest BCUT2D eigenvalue weighted by Gasteiger charge is 2.04. The molecule has 0 spiro atoms. The number of aliphatic hydroxyl groups excluding tert-OH is 1. The number of rotatable bonds is 9. The minimum absolute atomic E-state index is 0.295. The Balaban J connectivity index is 1.52. The van der Waals surface area contributed by atoms with Crippen molar-refractivity contribution in [2.24, 2.45) is 0 Å². The van der Waals surface area contributed by atoms with Crippen molar-refractivity contribution in [2.75, 3.05) is 31.6 Å². The third-order valence-electron chi connectivity index (χ3n) is 2.97. The molecule has 0 saturated heterocycles. The zero-order chi connectivity index (χ0) is 14.8. The number of aliphatic hydroxyl groups is 1. The summed E-state index contributed by atoms with van der Waals surface area (Å²) in [5, 5.41) is 16.3. The molecular weight excluding hydrogens is 264 g/mol. The summed E-state index contributed by atoms with van der Waals surface area (Å²) in [5.41, 5.74) is 1.10. The van der Waals surface area contributed by atoms with Gasteiger partial charge >= 0.3 is 0 Å². The average Bonchev–Trinajstić information content (AvgIpc) is 2.54. The second kappa shape index (κ2) is 9.00. The summed E-state index contributed by atoms with van der Waals surface area (Å²) in [7, 11) is 0. The first-order valence-corrected chi connectivity index (χ1v) is 7.20. The van der Waals surface area contributed by atoms with Gasteiger partial charge in [-0.05, 0) is 24.3 Å². The maximum atomic E-state index is 9.82. The number of ether oxygens (including phenoxy) is 1. The Bertz CT molecular complexity index is 491. The van der Waals surface area contributed by atoms with Gasteiger partial charge in [0.15, 0.2) is 0 Å². The number of anilines is 1. The predicted molar refractivity (Wildman–Crippen MR) is 85.7 cm³/mol. The Morgan fingerprint density at radius 1 is 0.905 bits per heavy atom. The minimum Gasteiger partial charge on any atom is -0.491 e. The lowest BCUT2D eigenvalue weighted by molar-refractivity contribution is 0.107. The van der Waals surface area contributed by atoms with E-state index in [1.807, 2.05) is 60.7 Å². The Hall–Kier alpha value is -2.04. The van der Waals surface area contributed by atoms with Crippen LogP contribution >= 0.6 is 0 Å². The van der Waals surface area contributed by atoms with E-state index < -0.39 is 6.10 Å². The fourth-order valence-corrected chi connectivity index (χ4v) is 1.89. The molecule has 0 aliphatic rings. The molecule has 0 aliphatic carbocycles. The first-order valence-electron chi connectivity index (χ1n) is 7.20. The summed E-state index contributed by atoms with van der Waals surface area (Å²) < 4.78 is 5.49. The second-order valence-electron chi connectivity index (χ2n) is 4.77. The lowest BCUT2D eigenvalue weighted by atomic mass is 10.3. The first-order chi connectivity index (χ1) is 10.3. The molecule has 0 aromatic heterocycles. The van der Waals surface area contributed by atoms with Gasteiger partial charge in [-0.2, -0.15) is 0 Å². The quantitative estimate of drug-likeness (QED) is 0.618. The largest absolute Gasteiger partial charge is 0.491 e. The predicted octanol–water partition coefficient (Wildman–Crippen LogP) is 2.13. The van der Waals surface area contributed by atoms with Crippen LogP contribution in [0.5, 0.6) is 5.75 Å². The molecule has 3 N–H and O–H groups in total. The number of para-hydroxylation sites is 2. The molecule has 1 unspecified atom stereocenters. The van der Waals surface area contributed by atoms with Crippen molar-refractivity contribution >= 4 is 5.69 Å². The van der Waals surface area contributed by atoms with Gasteiger partial charge in [0.25, 0.3) is 0 Å². The lowest BCUT2D eigenvalue weighted by Crippen LogP contribution is -2.34. The third-order valence-corrected chi connectivity index (χ3v) is 2.97. The van der Waals surface area contributed by atoms with Gasteiger partial charge in [0.2, 0.25) is 0 Å². The summed E-state index contributed by atoms with van der Waals surface area (Å²) in [6, 6.07) is 19.6. The minimum atomic E-state index is -0.512. The van der Waals surface area contributed by atoms with Gasteiger partial charge in [-0.1, -0.05) is 36.4 Å². The van der Waals surface area contributed by atoms with Crippen LogP contribution < -0.4 is 15.4 Å². The Kier molecular flexibility index (Phi) is 6.58. The van der Waals surface area contributed by atoms with Crippen LogP contribution in [0.15, 0.2) is 60.7 Å². The zero-order valence-corrected chi connectivity index (χ0v) is 12.0. The maximum absolute atomic E-state index is 9.82. The van der Waals surface area contributed by atoms with Crippen LogP contribution in [-0.4, -0.2) is 37.5 Å². The van der Waals surface area contributed by atoms with E-state index in [1.54, 1.807) is 0 Å². The summed E-state index contributed by atoms with van der Waals surface area (Å²) in [6.45, 7) is 2.42. The SMILES string of the molecule is OC(CNCCNc1ccccc1)COc1ccccc1. The van der Waals surface area contributed by atoms with Gasteiger partial charge < -0.3 is 20.5 Å². The van der Waals surface area contributed by atoms with Crippen molar-refractivity contribution in [3.8, 4) is 5.75 Å². The molecule has 0 heterocycles. The topological polar surface area (TPSA) is 53.5 Å². The highest BCUT2D eigenvalue weighted by molar-refractivity contribution is 5.42. The fourth-order valence-electron chi connectivity index (χ4n) is 1.89. The molecule has 0 aliphatic heterocycles. The van der Waals surface area contributed by atoms with E-state index in [4.69, 9.17) is 4.74 Å². The van der Waals surface area contributed by atoms with Crippen molar-refractivity contribution in [3.05, 3.63) is 60.7 Å². The smallest absolute Gasteiger partial charge is 0.119 e. The molecule has 0 bridgehead atoms. The highest BCUT2D eigenvalue weighted by atomic mass is 16.5. The normalized spacial score (nSPS) is 11.9. The van der Waals surface area contributed by atoms with Gasteiger partial charge in [0.05, 0.1) is 0 Å². The van der Waals surface area contributed by atoms with Gasteiger partial charge in [0, 0.05) is 25.3 Å². The highest BCUT2D eigenvalue weighted by Crippen LogP contribution is 2.08. The Labute approximate surface area is 125 Å². The summed E-state index contributed by atoms with van der Waals surface area (Å²) in [5.74, 6) is 0.780. The van der Waals surface area contributed by atoms with Crippen molar-refractivity contribution in [1.82, 2.24) is 5.32 Å². The van der Waals surface area contributed by atoms with E-state index in [2.05, 4.69) is 10.6 Å². The maximum Gasteiger partial charge on any atom is 0.119 e. The van der Waals surface area contributed by atoms with E-state index in [1.165, 1.54) is 0 Å². The molecule has 1 atom stereocenters. The molecule has 0 amide bonds. The van der Waals surface area contributed by atoms with E-state index in [0.717, 1.165) is 24.5 Å². The van der Waals surface area contributed by atoms with E-state index in [-0.39, 0.29) is 0 Å². The first kappa shape index (κ1) is 15.4. The van der Waals surface area contributed by atoms with Crippen molar-refractivity contribution in [1.29, 1.82) is 0 Å². The van der Waals surface area contributed by atoms with Crippen molar-refractivity contribution in [3.63, 3.8) is 0 Å². The monoisotopic (exact) mass is 286 g/mol. The second-order valence-corrected chi connectivity index (χ2v) is 4.77. The average molecular weight is 286 g/mol. The van der Waals surface area contributed by atoms with Crippen LogP contribution in [-0.2, 0) is 0 Å². The third kappa shape index (κ3) is 6.29. The number of nitrogens with one attached hydrogen (secondary N) is 2. The van der Waals surface area contributed by atoms with Crippen molar-refractivity contribution < 1.29 is 9.84 Å². The summed E-state index contributed by atoms with van der Waals surface area (Å²) in [4.78, 5) is 0. The van der Waals surface area contributed by atoms with Gasteiger partial charge in [-0.15, -0.1) is 0 Å². The molecule has 2 aromatic carbocycles. The van der Waals surface area contributed by atoms with E-state index in [9.17, 15) is 5.11 Å². The lowest BCUT2D eigenvalue weighted by Gasteiger charge is -2.13. The van der Waals surface area contributed by atoms with Crippen LogP contribution in [0.2, 0.25) is 0 Å². The standard InChI is InChI=1S/C17H22N2O2/c20-16(14-21-17-9-5-2-6-10-17)13-18-11-12-19-15-7-3-1-4-8-15/h1-10,16,18-20H,11-14H2. The van der Waals surface area contributed by atoms with Crippen LogP contribution in [0.1, 0.15) is 0 Å². The molecule has 21 heavy (non-hydrogen) atoms. The van der Waals surface area contributed by atoms with Crippen LogP contribution in [0.3, 0.4) is 0 Å². The Morgan fingerprint density at radius 2 is 1.57 bits per heavy atom. The molecule has 0 fully saturated rings. The molecular formula is C17H22N2O2. The van der Waals surface area contributed by atoms with Crippen LogP contribution in [0.25, 0.3) is 0 Å². The molecule has 4 heteroatoms. The molecule has 0 saturated carbocycles. The van der Waals surface area contributed by atoms with Crippen LogP contribution in [0.4, 0.5) is 5.69 Å². The fraction of sp³-hybridized carbons (Fsp3) is 0.294. The van der Waals surface area contributed by atoms with Gasteiger partial charge in [-0.25, -0.2) is 0 Å². The molecule has 0 radical (unpaired) electrons. The summed E-state index contributed by atoms with van der Waals surface area (Å²) >= 11 is 0. The summed E-state index contributed by atoms with van der Waals surface area (Å²) in [6.07, 6.45) is -0.512. The molecule has 2 aromatic rings. The van der Waals surface area contributed by atoms with E-state index >= 15 is 0 Å². The molecule has 112 valence electrons. The van der Waals surface area contributed by atoms with Gasteiger partial charge in [0.1, 0.15) is 18.5 Å². The molecule has 4 nitrogen and oxygen atoms in total.